The lowest BCUT2D eigenvalue weighted by Gasteiger charge is -2.26. The Kier molecular flexibility index (Phi) is 7.48. The van der Waals surface area contributed by atoms with Crippen LogP contribution in [0.5, 0.6) is 5.75 Å². The molecule has 1 fully saturated rings. The minimum absolute atomic E-state index is 0.0341. The van der Waals surface area contributed by atoms with Crippen LogP contribution in [0.3, 0.4) is 0 Å². The van der Waals surface area contributed by atoms with Crippen LogP contribution in [0, 0.1) is 6.92 Å². The van der Waals surface area contributed by atoms with Crippen LogP contribution in [0.25, 0.3) is 11.4 Å². The zero-order valence-electron chi connectivity index (χ0n) is 19.4. The molecule has 0 spiro atoms. The van der Waals surface area contributed by atoms with Crippen molar-refractivity contribution < 1.29 is 9.84 Å². The van der Waals surface area contributed by atoms with Crippen LogP contribution in [0.15, 0.2) is 42.6 Å². The number of aryl methyl sites for hydroxylation is 1. The van der Waals surface area contributed by atoms with E-state index in [0.29, 0.717) is 22.6 Å². The molecule has 3 N–H and O–H groups in total. The molecule has 6 nitrogen and oxygen atoms in total. The number of nitrogens with zero attached hydrogens (tertiary/aromatic N) is 2. The Balaban J connectivity index is 1.69. The van der Waals surface area contributed by atoms with E-state index < -0.39 is 0 Å². The van der Waals surface area contributed by atoms with Crippen LogP contribution >= 0.6 is 11.6 Å². The molecule has 0 aliphatic carbocycles. The van der Waals surface area contributed by atoms with Gasteiger partial charge in [-0.05, 0) is 87.5 Å². The van der Waals surface area contributed by atoms with Crippen molar-refractivity contribution in [1.82, 2.24) is 15.3 Å². The summed E-state index contributed by atoms with van der Waals surface area (Å²) in [6.07, 6.45) is 3.88. The van der Waals surface area contributed by atoms with Crippen molar-refractivity contribution in [3.63, 3.8) is 0 Å². The minimum atomic E-state index is -0.0366. The monoisotopic (exact) mass is 466 g/mol. The molecular formula is C26H31ClN4O2. The van der Waals surface area contributed by atoms with Crippen molar-refractivity contribution in [3.8, 4) is 17.1 Å². The molecule has 174 valence electrons. The van der Waals surface area contributed by atoms with Gasteiger partial charge in [0.2, 0.25) is 0 Å². The normalized spacial score (nSPS) is 14.5. The van der Waals surface area contributed by atoms with Crippen molar-refractivity contribution in [2.75, 3.05) is 18.4 Å². The minimum Gasteiger partial charge on any atom is -0.489 e. The number of piperidine rings is 1. The van der Waals surface area contributed by atoms with E-state index >= 15 is 0 Å². The lowest BCUT2D eigenvalue weighted by Crippen LogP contribution is -2.27. The van der Waals surface area contributed by atoms with Crippen molar-refractivity contribution in [2.45, 2.75) is 52.2 Å². The molecule has 1 aliphatic heterocycles. The van der Waals surface area contributed by atoms with Gasteiger partial charge in [-0.2, -0.15) is 0 Å². The summed E-state index contributed by atoms with van der Waals surface area (Å²) in [5.41, 5.74) is 5.01. The van der Waals surface area contributed by atoms with Crippen LogP contribution in [0.4, 0.5) is 11.5 Å². The van der Waals surface area contributed by atoms with Crippen LogP contribution in [0.2, 0.25) is 5.02 Å². The van der Waals surface area contributed by atoms with E-state index in [-0.39, 0.29) is 12.7 Å². The van der Waals surface area contributed by atoms with Gasteiger partial charge in [0.25, 0.3) is 0 Å². The Morgan fingerprint density at radius 3 is 2.73 bits per heavy atom. The Morgan fingerprint density at radius 1 is 1.21 bits per heavy atom. The number of nitrogens with one attached hydrogen (secondary N) is 2. The van der Waals surface area contributed by atoms with Gasteiger partial charge in [-0.1, -0.05) is 29.8 Å². The Morgan fingerprint density at radius 2 is 2.00 bits per heavy atom. The fraction of sp³-hybridized carbons (Fsp3) is 0.385. The van der Waals surface area contributed by atoms with Crippen LogP contribution in [0.1, 0.15) is 49.3 Å². The maximum atomic E-state index is 9.46. The van der Waals surface area contributed by atoms with Gasteiger partial charge in [0, 0.05) is 5.56 Å². The zero-order chi connectivity index (χ0) is 23.4. The molecule has 4 rings (SSSR count). The highest BCUT2D eigenvalue weighted by atomic mass is 35.5. The van der Waals surface area contributed by atoms with Crippen molar-refractivity contribution >= 4 is 23.1 Å². The second-order valence-corrected chi connectivity index (χ2v) is 9.18. The molecule has 0 amide bonds. The smallest absolute Gasteiger partial charge is 0.161 e. The summed E-state index contributed by atoms with van der Waals surface area (Å²) in [6.45, 7) is 8.25. The predicted molar refractivity (Wildman–Crippen MR) is 133 cm³/mol. The van der Waals surface area contributed by atoms with Crippen LogP contribution in [-0.2, 0) is 6.61 Å². The number of hydrogen-bond acceptors (Lipinski definition) is 6. The number of aliphatic hydroxyl groups excluding tert-OH is 1. The van der Waals surface area contributed by atoms with Crippen molar-refractivity contribution in [1.29, 1.82) is 0 Å². The Hall–Kier alpha value is -2.67. The van der Waals surface area contributed by atoms with E-state index in [9.17, 15) is 5.11 Å². The van der Waals surface area contributed by atoms with Gasteiger partial charge < -0.3 is 20.5 Å². The standard InChI is InChI=1S/C26H31ClN4O2/c1-16(2)33-24-13-21(19-7-9-28-10-8-19)17(3)11-23(24)30-26-22(27)14-29-25(31-26)20-6-4-5-18(12-20)15-32/h4-6,11-14,16,19,28,32H,7-10,15H2,1-3H3,(H,29,30,31). The number of anilines is 2. The van der Waals surface area contributed by atoms with Gasteiger partial charge in [0.05, 0.1) is 24.6 Å². The number of hydrogen-bond donors (Lipinski definition) is 3. The molecule has 1 aromatic heterocycles. The molecule has 0 unspecified atom stereocenters. The van der Waals surface area contributed by atoms with E-state index in [2.05, 4.69) is 39.7 Å². The van der Waals surface area contributed by atoms with Gasteiger partial charge in [0.15, 0.2) is 11.6 Å². The molecule has 7 heteroatoms. The summed E-state index contributed by atoms with van der Waals surface area (Å²) in [6, 6.07) is 11.8. The van der Waals surface area contributed by atoms with E-state index in [4.69, 9.17) is 16.3 Å². The van der Waals surface area contributed by atoms with E-state index in [1.165, 1.54) is 11.1 Å². The van der Waals surface area contributed by atoms with Crippen molar-refractivity contribution in [2.24, 2.45) is 0 Å². The first kappa shape index (κ1) is 23.5. The number of halogens is 1. The second kappa shape index (κ2) is 10.5. The highest BCUT2D eigenvalue weighted by Crippen LogP contribution is 2.38. The molecule has 0 radical (unpaired) electrons. The third-order valence-electron chi connectivity index (χ3n) is 5.87. The quantitative estimate of drug-likeness (QED) is 0.421. The number of aromatic nitrogens is 2. The average molecular weight is 467 g/mol. The lowest BCUT2D eigenvalue weighted by atomic mass is 9.87. The summed E-state index contributed by atoms with van der Waals surface area (Å²) in [4.78, 5) is 9.06. The van der Waals surface area contributed by atoms with E-state index in [1.54, 1.807) is 6.20 Å². The van der Waals surface area contributed by atoms with Crippen LogP contribution < -0.4 is 15.4 Å². The largest absolute Gasteiger partial charge is 0.489 e. The molecule has 3 aromatic rings. The molecule has 33 heavy (non-hydrogen) atoms. The number of benzene rings is 2. The highest BCUT2D eigenvalue weighted by molar-refractivity contribution is 6.33. The maximum Gasteiger partial charge on any atom is 0.161 e. The molecule has 2 heterocycles. The maximum absolute atomic E-state index is 9.46. The van der Waals surface area contributed by atoms with Gasteiger partial charge in [-0.3, -0.25) is 0 Å². The fourth-order valence-corrected chi connectivity index (χ4v) is 4.39. The lowest BCUT2D eigenvalue weighted by molar-refractivity contribution is 0.243. The molecule has 0 bridgehead atoms. The van der Waals surface area contributed by atoms with E-state index in [1.807, 2.05) is 38.1 Å². The molecule has 1 aliphatic rings. The van der Waals surface area contributed by atoms with Gasteiger partial charge >= 0.3 is 0 Å². The summed E-state index contributed by atoms with van der Waals surface area (Å²) in [5.74, 6) is 2.37. The molecular weight excluding hydrogens is 436 g/mol. The zero-order valence-corrected chi connectivity index (χ0v) is 20.1. The summed E-state index contributed by atoms with van der Waals surface area (Å²) in [5, 5.41) is 16.7. The summed E-state index contributed by atoms with van der Waals surface area (Å²) >= 11 is 6.47. The Bertz CT molecular complexity index is 1110. The first-order chi connectivity index (χ1) is 15.9. The fourth-order valence-electron chi connectivity index (χ4n) is 4.26. The van der Waals surface area contributed by atoms with E-state index in [0.717, 1.165) is 48.5 Å². The van der Waals surface area contributed by atoms with Gasteiger partial charge in [0.1, 0.15) is 10.8 Å². The number of aliphatic hydroxyl groups is 1. The predicted octanol–water partition coefficient (Wildman–Crippen LogP) is 5.60. The Labute approximate surface area is 200 Å². The third kappa shape index (κ3) is 5.64. The van der Waals surface area contributed by atoms with Gasteiger partial charge in [-0.25, -0.2) is 9.97 Å². The highest BCUT2D eigenvalue weighted by Gasteiger charge is 2.21. The SMILES string of the molecule is Cc1cc(Nc2nc(-c3cccc(CO)c3)ncc2Cl)c(OC(C)C)cc1C1CCNCC1. The first-order valence-electron chi connectivity index (χ1n) is 11.5. The molecule has 1 saturated heterocycles. The molecule has 0 saturated carbocycles. The third-order valence-corrected chi connectivity index (χ3v) is 6.15. The summed E-state index contributed by atoms with van der Waals surface area (Å²) in [7, 11) is 0. The average Bonchev–Trinajstić information content (AvgIpc) is 2.82. The molecule has 0 atom stereocenters. The molecule has 2 aromatic carbocycles. The first-order valence-corrected chi connectivity index (χ1v) is 11.8. The number of ether oxygens (including phenoxy) is 1. The van der Waals surface area contributed by atoms with Crippen LogP contribution in [-0.4, -0.2) is 34.3 Å². The number of rotatable bonds is 7. The summed E-state index contributed by atoms with van der Waals surface area (Å²) < 4.78 is 6.20. The topological polar surface area (TPSA) is 79.3 Å². The van der Waals surface area contributed by atoms with Gasteiger partial charge in [-0.15, -0.1) is 0 Å². The second-order valence-electron chi connectivity index (χ2n) is 8.77. The van der Waals surface area contributed by atoms with Crippen molar-refractivity contribution in [3.05, 3.63) is 64.3 Å².